The molecule has 7 heteroatoms. The highest BCUT2D eigenvalue weighted by molar-refractivity contribution is 8.00. The molecule has 0 saturated carbocycles. The fraction of sp³-hybridized carbons (Fsp3) is 0.778. The average molecular weight is 366 g/mol. The van der Waals surface area contributed by atoms with Gasteiger partial charge in [0.25, 0.3) is 0 Å². The van der Waals surface area contributed by atoms with Crippen molar-refractivity contribution in [2.75, 3.05) is 46.2 Å². The molecule has 140 valence electrons. The molecule has 0 amide bonds. The van der Waals surface area contributed by atoms with Gasteiger partial charge in [-0.3, -0.25) is 9.67 Å². The van der Waals surface area contributed by atoms with Gasteiger partial charge in [-0.25, -0.2) is 0 Å². The van der Waals surface area contributed by atoms with Gasteiger partial charge in [-0.15, -0.1) is 0 Å². The average Bonchev–Trinajstić information content (AvgIpc) is 3.26. The van der Waals surface area contributed by atoms with Gasteiger partial charge in [0.05, 0.1) is 6.20 Å². The number of hydrogen-bond donors (Lipinski definition) is 1. The molecule has 1 N–H and O–H groups in total. The number of nitrogens with zero attached hydrogens (tertiary/aromatic N) is 4. The number of rotatable bonds is 5. The van der Waals surface area contributed by atoms with Crippen LogP contribution in [0, 0.1) is 5.92 Å². The maximum absolute atomic E-state index is 5.54. The first-order valence-electron chi connectivity index (χ1n) is 9.20. The fourth-order valence-corrected chi connectivity index (χ4v) is 4.66. The number of aromatic nitrogens is 2. The molecule has 1 unspecified atom stereocenters. The summed E-state index contributed by atoms with van der Waals surface area (Å²) in [5.74, 6) is 1.73. The highest BCUT2D eigenvalue weighted by atomic mass is 32.2. The summed E-state index contributed by atoms with van der Waals surface area (Å²) in [4.78, 5) is 6.95. The minimum Gasteiger partial charge on any atom is -0.381 e. The highest BCUT2D eigenvalue weighted by Crippen LogP contribution is 2.33. The summed E-state index contributed by atoms with van der Waals surface area (Å²) in [6.07, 6.45) is 10.9. The number of aryl methyl sites for hydroxylation is 1. The Labute approximate surface area is 155 Å². The van der Waals surface area contributed by atoms with Gasteiger partial charge in [0.1, 0.15) is 0 Å². The normalized spacial score (nSPS) is 23.9. The predicted octanol–water partition coefficient (Wildman–Crippen LogP) is 1.77. The summed E-state index contributed by atoms with van der Waals surface area (Å²) in [5.41, 5.74) is 1.33. The molecular formula is C18H31N5OS. The number of ether oxygens (including phenoxy) is 1. The zero-order valence-corrected chi connectivity index (χ0v) is 16.5. The fourth-order valence-electron chi connectivity index (χ4n) is 3.87. The van der Waals surface area contributed by atoms with E-state index in [4.69, 9.17) is 4.74 Å². The first kappa shape index (κ1) is 18.6. The van der Waals surface area contributed by atoms with E-state index in [2.05, 4.69) is 32.8 Å². The van der Waals surface area contributed by atoms with Crippen molar-refractivity contribution in [2.45, 2.75) is 30.4 Å². The zero-order valence-electron chi connectivity index (χ0n) is 15.7. The third kappa shape index (κ3) is 4.70. The van der Waals surface area contributed by atoms with Crippen molar-refractivity contribution >= 4 is 17.7 Å². The highest BCUT2D eigenvalue weighted by Gasteiger charge is 2.33. The van der Waals surface area contributed by atoms with Crippen LogP contribution in [-0.2, 0) is 18.2 Å². The van der Waals surface area contributed by atoms with E-state index in [0.29, 0.717) is 5.92 Å². The van der Waals surface area contributed by atoms with Gasteiger partial charge >= 0.3 is 0 Å². The largest absolute Gasteiger partial charge is 0.381 e. The van der Waals surface area contributed by atoms with E-state index in [0.717, 1.165) is 58.1 Å². The van der Waals surface area contributed by atoms with Crippen LogP contribution in [-0.4, -0.2) is 71.5 Å². The van der Waals surface area contributed by atoms with Crippen molar-refractivity contribution in [3.8, 4) is 0 Å². The summed E-state index contributed by atoms with van der Waals surface area (Å²) in [5, 5.41) is 7.93. The first-order chi connectivity index (χ1) is 12.1. The van der Waals surface area contributed by atoms with Gasteiger partial charge in [-0.2, -0.15) is 16.9 Å². The summed E-state index contributed by atoms with van der Waals surface area (Å²) < 4.78 is 7.71. The molecule has 2 aliphatic heterocycles. The van der Waals surface area contributed by atoms with Crippen LogP contribution >= 0.6 is 11.8 Å². The molecule has 2 aliphatic rings. The predicted molar refractivity (Wildman–Crippen MR) is 104 cm³/mol. The molecule has 0 bridgehead atoms. The number of hydrogen-bond acceptors (Lipinski definition) is 4. The molecular weight excluding hydrogens is 334 g/mol. The molecule has 3 rings (SSSR count). The van der Waals surface area contributed by atoms with E-state index in [-0.39, 0.29) is 4.75 Å². The van der Waals surface area contributed by atoms with Crippen molar-refractivity contribution in [3.05, 3.63) is 18.0 Å². The Balaban J connectivity index is 1.51. The van der Waals surface area contributed by atoms with Crippen LogP contribution < -0.4 is 5.32 Å². The molecule has 0 aliphatic carbocycles. The Morgan fingerprint density at radius 1 is 1.48 bits per heavy atom. The summed E-state index contributed by atoms with van der Waals surface area (Å²) in [6.45, 7) is 4.87. The van der Waals surface area contributed by atoms with Crippen LogP contribution in [0.2, 0.25) is 0 Å². The van der Waals surface area contributed by atoms with Gasteiger partial charge < -0.3 is 15.0 Å². The van der Waals surface area contributed by atoms with Gasteiger partial charge in [0, 0.05) is 57.9 Å². The van der Waals surface area contributed by atoms with Gasteiger partial charge in [0.2, 0.25) is 0 Å². The SMILES string of the molecule is CN=C(NCC1(SC)CCOCC1)N1CCC(Cc2cnn(C)c2)C1. The molecule has 25 heavy (non-hydrogen) atoms. The molecule has 0 aromatic carbocycles. The van der Waals surface area contributed by atoms with Crippen LogP contribution in [0.1, 0.15) is 24.8 Å². The van der Waals surface area contributed by atoms with Crippen LogP contribution in [0.4, 0.5) is 0 Å². The second-order valence-electron chi connectivity index (χ2n) is 7.23. The van der Waals surface area contributed by atoms with Gasteiger partial charge in [0.15, 0.2) is 5.96 Å². The third-order valence-corrected chi connectivity index (χ3v) is 6.90. The standard InChI is InChI=1S/C18H31N5OS/c1-19-17(20-14-18(25-3)5-8-24-9-6-18)23-7-4-15(13-23)10-16-11-21-22(2)12-16/h11-12,15H,4-10,13-14H2,1-3H3,(H,19,20). The minimum atomic E-state index is 0.281. The smallest absolute Gasteiger partial charge is 0.193 e. The quantitative estimate of drug-likeness (QED) is 0.637. The van der Waals surface area contributed by atoms with Gasteiger partial charge in [-0.05, 0) is 43.4 Å². The Kier molecular flexibility index (Phi) is 6.28. The lowest BCUT2D eigenvalue weighted by Crippen LogP contribution is -2.48. The summed E-state index contributed by atoms with van der Waals surface area (Å²) in [7, 11) is 3.88. The van der Waals surface area contributed by atoms with Crippen LogP contribution in [0.25, 0.3) is 0 Å². The van der Waals surface area contributed by atoms with E-state index in [1.807, 2.05) is 36.7 Å². The molecule has 2 saturated heterocycles. The number of guanidine groups is 1. The third-order valence-electron chi connectivity index (χ3n) is 5.49. The maximum atomic E-state index is 5.54. The first-order valence-corrected chi connectivity index (χ1v) is 10.4. The Morgan fingerprint density at radius 2 is 2.28 bits per heavy atom. The van der Waals surface area contributed by atoms with E-state index >= 15 is 0 Å². The molecule has 2 fully saturated rings. The molecule has 0 spiro atoms. The lowest BCUT2D eigenvalue weighted by Gasteiger charge is -2.37. The van der Waals surface area contributed by atoms with E-state index < -0.39 is 0 Å². The molecule has 1 aromatic rings. The van der Waals surface area contributed by atoms with Gasteiger partial charge in [-0.1, -0.05) is 0 Å². The van der Waals surface area contributed by atoms with Crippen LogP contribution in [0.15, 0.2) is 17.4 Å². The van der Waals surface area contributed by atoms with Crippen molar-refractivity contribution in [3.63, 3.8) is 0 Å². The molecule has 1 aromatic heterocycles. The lowest BCUT2D eigenvalue weighted by molar-refractivity contribution is 0.0781. The van der Waals surface area contributed by atoms with E-state index in [9.17, 15) is 0 Å². The Hall–Kier alpha value is -1.21. The van der Waals surface area contributed by atoms with Crippen LogP contribution in [0.3, 0.4) is 0 Å². The van der Waals surface area contributed by atoms with Crippen molar-refractivity contribution in [1.82, 2.24) is 20.0 Å². The molecule has 3 heterocycles. The summed E-state index contributed by atoms with van der Waals surface area (Å²) in [6, 6.07) is 0. The number of aliphatic imine (C=N–C) groups is 1. The molecule has 0 radical (unpaired) electrons. The van der Waals surface area contributed by atoms with E-state index in [1.54, 1.807) is 0 Å². The molecule has 6 nitrogen and oxygen atoms in total. The van der Waals surface area contributed by atoms with Crippen molar-refractivity contribution in [1.29, 1.82) is 0 Å². The number of nitrogens with one attached hydrogen (secondary N) is 1. The second-order valence-corrected chi connectivity index (χ2v) is 8.50. The Morgan fingerprint density at radius 3 is 2.92 bits per heavy atom. The zero-order chi connectivity index (χ0) is 17.7. The van der Waals surface area contributed by atoms with Crippen LogP contribution in [0.5, 0.6) is 0 Å². The summed E-state index contributed by atoms with van der Waals surface area (Å²) >= 11 is 1.97. The topological polar surface area (TPSA) is 54.7 Å². The monoisotopic (exact) mass is 365 g/mol. The van der Waals surface area contributed by atoms with Crippen molar-refractivity contribution in [2.24, 2.45) is 18.0 Å². The number of likely N-dealkylation sites (tertiary alicyclic amines) is 1. The Bertz CT molecular complexity index is 582. The van der Waals surface area contributed by atoms with E-state index in [1.165, 1.54) is 12.0 Å². The number of thioether (sulfide) groups is 1. The van der Waals surface area contributed by atoms with Crippen molar-refractivity contribution < 1.29 is 4.74 Å². The molecule has 1 atom stereocenters. The minimum absolute atomic E-state index is 0.281. The maximum Gasteiger partial charge on any atom is 0.193 e. The second kappa shape index (κ2) is 8.45. The lowest BCUT2D eigenvalue weighted by atomic mass is 9.99.